The maximum absolute atomic E-state index is 12.2. The molecule has 24 heavy (non-hydrogen) atoms. The van der Waals surface area contributed by atoms with Gasteiger partial charge in [-0.1, -0.05) is 18.2 Å². The largest absolute Gasteiger partial charge is 0.378 e. The highest BCUT2D eigenvalue weighted by Crippen LogP contribution is 2.15. The van der Waals surface area contributed by atoms with Crippen molar-refractivity contribution in [2.24, 2.45) is 0 Å². The van der Waals surface area contributed by atoms with Crippen LogP contribution < -0.4 is 10.2 Å². The van der Waals surface area contributed by atoms with Gasteiger partial charge in [0.25, 0.3) is 0 Å². The van der Waals surface area contributed by atoms with Crippen molar-refractivity contribution in [1.82, 2.24) is 15.1 Å². The molecule has 1 aromatic rings. The predicted octanol–water partition coefficient (Wildman–Crippen LogP) is 1.24. The van der Waals surface area contributed by atoms with Gasteiger partial charge in [0.15, 0.2) is 0 Å². The molecular formula is C18H28N4O2. The van der Waals surface area contributed by atoms with Gasteiger partial charge in [0.05, 0.1) is 13.2 Å². The van der Waals surface area contributed by atoms with Crippen molar-refractivity contribution in [1.29, 1.82) is 0 Å². The lowest BCUT2D eigenvalue weighted by Crippen LogP contribution is -2.53. The second kappa shape index (κ2) is 8.35. The third-order valence-electron chi connectivity index (χ3n) is 4.69. The number of para-hydroxylation sites is 1. The number of hydrogen-bond acceptors (Lipinski definition) is 4. The summed E-state index contributed by atoms with van der Waals surface area (Å²) in [6, 6.07) is 10.8. The summed E-state index contributed by atoms with van der Waals surface area (Å²) in [6.45, 7) is 9.79. The monoisotopic (exact) mass is 332 g/mol. The van der Waals surface area contributed by atoms with Crippen LogP contribution in [0.1, 0.15) is 6.92 Å². The van der Waals surface area contributed by atoms with Gasteiger partial charge >= 0.3 is 6.03 Å². The van der Waals surface area contributed by atoms with E-state index in [1.54, 1.807) is 0 Å². The lowest BCUT2D eigenvalue weighted by atomic mass is 10.2. The quantitative estimate of drug-likeness (QED) is 0.901. The predicted molar refractivity (Wildman–Crippen MR) is 95.5 cm³/mol. The van der Waals surface area contributed by atoms with Crippen LogP contribution in [0.4, 0.5) is 10.5 Å². The molecule has 2 aliphatic rings. The molecule has 132 valence electrons. The Balaban J connectivity index is 1.40. The number of carbonyl (C=O) groups is 1. The smallest absolute Gasteiger partial charge is 0.317 e. The molecule has 0 radical (unpaired) electrons. The maximum atomic E-state index is 12.2. The van der Waals surface area contributed by atoms with E-state index in [0.717, 1.165) is 32.7 Å². The van der Waals surface area contributed by atoms with E-state index >= 15 is 0 Å². The van der Waals surface area contributed by atoms with Crippen molar-refractivity contribution < 1.29 is 9.53 Å². The summed E-state index contributed by atoms with van der Waals surface area (Å²) >= 11 is 0. The third-order valence-corrected chi connectivity index (χ3v) is 4.69. The third kappa shape index (κ3) is 4.61. The van der Waals surface area contributed by atoms with Crippen molar-refractivity contribution in [3.8, 4) is 0 Å². The number of benzene rings is 1. The number of urea groups is 1. The Bertz CT molecular complexity index is 511. The van der Waals surface area contributed by atoms with E-state index in [2.05, 4.69) is 52.4 Å². The number of piperazine rings is 1. The molecule has 0 bridgehead atoms. The molecule has 6 heteroatoms. The summed E-state index contributed by atoms with van der Waals surface area (Å²) in [5.74, 6) is 0. The Labute approximate surface area is 144 Å². The molecule has 1 unspecified atom stereocenters. The molecule has 1 atom stereocenters. The number of carbonyl (C=O) groups excluding carboxylic acids is 1. The van der Waals surface area contributed by atoms with Crippen LogP contribution in [0.2, 0.25) is 0 Å². The van der Waals surface area contributed by atoms with Crippen molar-refractivity contribution in [2.75, 3.05) is 63.9 Å². The summed E-state index contributed by atoms with van der Waals surface area (Å²) in [5, 5.41) is 3.12. The Morgan fingerprint density at radius 1 is 1.08 bits per heavy atom. The summed E-state index contributed by atoms with van der Waals surface area (Å²) in [4.78, 5) is 18.9. The zero-order valence-electron chi connectivity index (χ0n) is 14.5. The summed E-state index contributed by atoms with van der Waals surface area (Å²) in [6.07, 6.45) is 0. The lowest BCUT2D eigenvalue weighted by Gasteiger charge is -2.37. The molecular weight excluding hydrogens is 304 g/mol. The lowest BCUT2D eigenvalue weighted by molar-refractivity contribution is 0.0522. The van der Waals surface area contributed by atoms with Crippen LogP contribution in [0.5, 0.6) is 0 Å². The van der Waals surface area contributed by atoms with Gasteiger partial charge in [0, 0.05) is 57.5 Å². The minimum absolute atomic E-state index is 0.0359. The van der Waals surface area contributed by atoms with Gasteiger partial charge in [0.1, 0.15) is 0 Å². The van der Waals surface area contributed by atoms with Crippen molar-refractivity contribution >= 4 is 11.7 Å². The summed E-state index contributed by atoms with van der Waals surface area (Å²) in [7, 11) is 0. The number of amides is 2. The fraction of sp³-hybridized carbons (Fsp3) is 0.611. The molecule has 3 rings (SSSR count). The number of morpholine rings is 1. The zero-order chi connectivity index (χ0) is 16.8. The first-order valence-corrected chi connectivity index (χ1v) is 8.88. The van der Waals surface area contributed by atoms with E-state index < -0.39 is 0 Å². The van der Waals surface area contributed by atoms with Gasteiger partial charge in [-0.05, 0) is 19.1 Å². The van der Waals surface area contributed by atoms with E-state index in [1.807, 2.05) is 4.90 Å². The standard InChI is InChI=1S/C18H28N4O2/c1-16(19-18(23)22-11-13-24-14-12-22)15-20-7-9-21(10-8-20)17-5-3-2-4-6-17/h2-6,16H,7-15H2,1H3,(H,19,23). The first kappa shape index (κ1) is 17.0. The first-order chi connectivity index (χ1) is 11.7. The van der Waals surface area contributed by atoms with Crippen LogP contribution >= 0.6 is 0 Å². The molecule has 0 spiro atoms. The second-order valence-corrected chi connectivity index (χ2v) is 6.57. The minimum atomic E-state index is 0.0359. The average molecular weight is 332 g/mol. The van der Waals surface area contributed by atoms with Gasteiger partial charge in [-0.2, -0.15) is 0 Å². The molecule has 2 amide bonds. The van der Waals surface area contributed by atoms with E-state index in [-0.39, 0.29) is 12.1 Å². The Morgan fingerprint density at radius 2 is 1.75 bits per heavy atom. The average Bonchev–Trinajstić information content (AvgIpc) is 2.64. The van der Waals surface area contributed by atoms with Crippen LogP contribution in [0, 0.1) is 0 Å². The highest BCUT2D eigenvalue weighted by atomic mass is 16.5. The van der Waals surface area contributed by atoms with Gasteiger partial charge in [-0.25, -0.2) is 4.79 Å². The maximum Gasteiger partial charge on any atom is 0.317 e. The summed E-state index contributed by atoms with van der Waals surface area (Å²) in [5.41, 5.74) is 1.30. The number of nitrogens with one attached hydrogen (secondary N) is 1. The zero-order valence-corrected chi connectivity index (χ0v) is 14.5. The highest BCUT2D eigenvalue weighted by Gasteiger charge is 2.22. The molecule has 2 heterocycles. The first-order valence-electron chi connectivity index (χ1n) is 8.88. The van der Waals surface area contributed by atoms with Crippen LogP contribution in [0.3, 0.4) is 0 Å². The second-order valence-electron chi connectivity index (χ2n) is 6.57. The van der Waals surface area contributed by atoms with Crippen molar-refractivity contribution in [3.63, 3.8) is 0 Å². The van der Waals surface area contributed by atoms with Gasteiger partial charge in [0.2, 0.25) is 0 Å². The molecule has 2 saturated heterocycles. The number of nitrogens with zero attached hydrogens (tertiary/aromatic N) is 3. The molecule has 2 aliphatic heterocycles. The topological polar surface area (TPSA) is 48.0 Å². The number of ether oxygens (including phenoxy) is 1. The SMILES string of the molecule is CC(CN1CCN(c2ccccc2)CC1)NC(=O)N1CCOCC1. The fourth-order valence-electron chi connectivity index (χ4n) is 3.33. The van der Waals surface area contributed by atoms with E-state index in [0.29, 0.717) is 26.3 Å². The molecule has 2 fully saturated rings. The molecule has 1 aromatic carbocycles. The number of rotatable bonds is 4. The van der Waals surface area contributed by atoms with Crippen molar-refractivity contribution in [2.45, 2.75) is 13.0 Å². The van der Waals surface area contributed by atoms with E-state index in [1.165, 1.54) is 5.69 Å². The van der Waals surface area contributed by atoms with Crippen molar-refractivity contribution in [3.05, 3.63) is 30.3 Å². The van der Waals surface area contributed by atoms with Crippen LogP contribution in [-0.4, -0.2) is 80.9 Å². The Kier molecular flexibility index (Phi) is 5.93. The van der Waals surface area contributed by atoms with Crippen LogP contribution in [-0.2, 0) is 4.74 Å². The number of anilines is 1. The molecule has 6 nitrogen and oxygen atoms in total. The molecule has 0 aliphatic carbocycles. The van der Waals surface area contributed by atoms with E-state index in [4.69, 9.17) is 4.74 Å². The summed E-state index contributed by atoms with van der Waals surface area (Å²) < 4.78 is 5.29. The Hall–Kier alpha value is -1.79. The molecule has 1 N–H and O–H groups in total. The normalized spacial score (nSPS) is 20.7. The molecule has 0 saturated carbocycles. The van der Waals surface area contributed by atoms with Gasteiger partial charge < -0.3 is 19.9 Å². The minimum Gasteiger partial charge on any atom is -0.378 e. The number of hydrogen-bond donors (Lipinski definition) is 1. The van der Waals surface area contributed by atoms with Crippen LogP contribution in [0.15, 0.2) is 30.3 Å². The van der Waals surface area contributed by atoms with E-state index in [9.17, 15) is 4.79 Å². The van der Waals surface area contributed by atoms with Gasteiger partial charge in [-0.15, -0.1) is 0 Å². The highest BCUT2D eigenvalue weighted by molar-refractivity contribution is 5.74. The van der Waals surface area contributed by atoms with Gasteiger partial charge in [-0.3, -0.25) is 4.90 Å². The fourth-order valence-corrected chi connectivity index (χ4v) is 3.33. The Morgan fingerprint density at radius 3 is 2.42 bits per heavy atom. The molecule has 0 aromatic heterocycles. The van der Waals surface area contributed by atoms with Crippen LogP contribution in [0.25, 0.3) is 0 Å².